The first-order valence-electron chi connectivity index (χ1n) is 6.51. The highest BCUT2D eigenvalue weighted by molar-refractivity contribution is 5.77. The molecule has 1 fully saturated rings. The number of carbonyl (C=O) groups excluding carboxylic acids is 1. The summed E-state index contributed by atoms with van der Waals surface area (Å²) in [6, 6.07) is 4.70. The number of hydrogen-bond acceptors (Lipinski definition) is 3. The average Bonchev–Trinajstić information content (AvgIpc) is 2.38. The van der Waals surface area contributed by atoms with E-state index in [4.69, 9.17) is 5.73 Å². The molecule has 2 unspecified atom stereocenters. The van der Waals surface area contributed by atoms with E-state index in [2.05, 4.69) is 0 Å². The van der Waals surface area contributed by atoms with Crippen LogP contribution < -0.4 is 10.6 Å². The lowest BCUT2D eigenvalue weighted by molar-refractivity contribution is -0.122. The lowest BCUT2D eigenvalue weighted by atomic mass is 9.96. The third-order valence-electron chi connectivity index (χ3n) is 3.62. The molecule has 0 bridgehead atoms. The molecule has 0 spiro atoms. The molecule has 3 N–H and O–H groups in total. The number of amides is 1. The lowest BCUT2D eigenvalue weighted by Gasteiger charge is -2.33. The number of piperidine rings is 1. The molecular weight excluding hydrogens is 247 g/mol. The van der Waals surface area contributed by atoms with Crippen molar-refractivity contribution < 1.29 is 14.3 Å². The second-order valence-electron chi connectivity index (χ2n) is 5.07. The molecule has 1 aromatic carbocycles. The van der Waals surface area contributed by atoms with Crippen molar-refractivity contribution in [2.75, 3.05) is 18.0 Å². The van der Waals surface area contributed by atoms with E-state index in [1.165, 1.54) is 6.07 Å². The van der Waals surface area contributed by atoms with Gasteiger partial charge in [-0.25, -0.2) is 4.39 Å². The highest BCUT2D eigenvalue weighted by Crippen LogP contribution is 2.27. The number of carbonyl (C=O) groups is 1. The second-order valence-corrected chi connectivity index (χ2v) is 5.07. The minimum Gasteiger partial charge on any atom is -0.389 e. The molecule has 1 saturated heterocycles. The number of anilines is 1. The monoisotopic (exact) mass is 266 g/mol. The lowest BCUT2D eigenvalue weighted by Crippen LogP contribution is -2.41. The van der Waals surface area contributed by atoms with Crippen LogP contribution in [0.25, 0.3) is 0 Å². The van der Waals surface area contributed by atoms with Gasteiger partial charge in [-0.1, -0.05) is 6.07 Å². The zero-order valence-corrected chi connectivity index (χ0v) is 11.0. The van der Waals surface area contributed by atoms with E-state index in [9.17, 15) is 14.3 Å². The van der Waals surface area contributed by atoms with E-state index >= 15 is 0 Å². The van der Waals surface area contributed by atoms with Crippen LogP contribution in [0.2, 0.25) is 0 Å². The van der Waals surface area contributed by atoms with E-state index in [0.29, 0.717) is 24.3 Å². The molecular formula is C14H19FN2O2. The molecule has 0 aliphatic carbocycles. The molecule has 5 heteroatoms. The van der Waals surface area contributed by atoms with E-state index in [0.717, 1.165) is 12.8 Å². The number of hydrogen-bond donors (Lipinski definition) is 2. The first-order valence-corrected chi connectivity index (χ1v) is 6.51. The number of halogens is 1. The summed E-state index contributed by atoms with van der Waals surface area (Å²) in [5, 5.41) is 9.42. The Hall–Kier alpha value is -1.62. The SMILES string of the molecule is CC(O)c1ccc(N2CCCC(C(N)=O)C2)c(F)c1. The largest absolute Gasteiger partial charge is 0.389 e. The Kier molecular flexibility index (Phi) is 4.04. The van der Waals surface area contributed by atoms with Crippen LogP contribution in [0.3, 0.4) is 0 Å². The quantitative estimate of drug-likeness (QED) is 0.873. The predicted molar refractivity (Wildman–Crippen MR) is 71.2 cm³/mol. The first kappa shape index (κ1) is 13.8. The van der Waals surface area contributed by atoms with E-state index < -0.39 is 6.10 Å². The third kappa shape index (κ3) is 3.04. The fourth-order valence-electron chi connectivity index (χ4n) is 2.47. The Bertz CT molecular complexity index is 477. The van der Waals surface area contributed by atoms with Crippen LogP contribution >= 0.6 is 0 Å². The summed E-state index contributed by atoms with van der Waals surface area (Å²) in [6.07, 6.45) is 0.896. The minimum atomic E-state index is -0.691. The van der Waals surface area contributed by atoms with Gasteiger partial charge in [0.2, 0.25) is 5.91 Å². The highest BCUT2D eigenvalue weighted by Gasteiger charge is 2.25. The van der Waals surface area contributed by atoms with Gasteiger partial charge in [-0.15, -0.1) is 0 Å². The molecule has 0 radical (unpaired) electrons. The Morgan fingerprint density at radius 3 is 2.89 bits per heavy atom. The number of nitrogens with zero attached hydrogens (tertiary/aromatic N) is 1. The molecule has 1 aliphatic rings. The minimum absolute atomic E-state index is 0.218. The van der Waals surface area contributed by atoms with Crippen LogP contribution in [0.15, 0.2) is 18.2 Å². The maximum atomic E-state index is 14.1. The van der Waals surface area contributed by atoms with Gasteiger partial charge in [-0.3, -0.25) is 4.79 Å². The Morgan fingerprint density at radius 1 is 1.58 bits per heavy atom. The molecule has 4 nitrogen and oxygen atoms in total. The molecule has 104 valence electrons. The number of benzene rings is 1. The van der Waals surface area contributed by atoms with Gasteiger partial charge in [0.25, 0.3) is 0 Å². The van der Waals surface area contributed by atoms with E-state index in [1.54, 1.807) is 19.1 Å². The van der Waals surface area contributed by atoms with Crippen LogP contribution in [-0.4, -0.2) is 24.1 Å². The number of aliphatic hydroxyl groups excluding tert-OH is 1. The van der Waals surface area contributed by atoms with Crippen molar-refractivity contribution in [3.8, 4) is 0 Å². The summed E-state index contributed by atoms with van der Waals surface area (Å²) in [4.78, 5) is 13.1. The standard InChI is InChI=1S/C14H19FN2O2/c1-9(18)10-4-5-13(12(15)7-10)17-6-2-3-11(8-17)14(16)19/h4-5,7,9,11,18H,2-3,6,8H2,1H3,(H2,16,19). The summed E-state index contributed by atoms with van der Waals surface area (Å²) in [6.45, 7) is 2.77. The predicted octanol–water partition coefficient (Wildman–Crippen LogP) is 1.58. The summed E-state index contributed by atoms with van der Waals surface area (Å²) < 4.78 is 14.1. The molecule has 2 atom stereocenters. The van der Waals surface area contributed by atoms with E-state index in [-0.39, 0.29) is 17.6 Å². The van der Waals surface area contributed by atoms with Gasteiger partial charge in [0.1, 0.15) is 5.82 Å². The fourth-order valence-corrected chi connectivity index (χ4v) is 2.47. The zero-order chi connectivity index (χ0) is 14.0. The molecule has 1 amide bonds. The smallest absolute Gasteiger partial charge is 0.222 e. The summed E-state index contributed by atoms with van der Waals surface area (Å²) in [7, 11) is 0. The van der Waals surface area contributed by atoms with Crippen molar-refractivity contribution >= 4 is 11.6 Å². The second kappa shape index (κ2) is 5.57. The highest BCUT2D eigenvalue weighted by atomic mass is 19.1. The van der Waals surface area contributed by atoms with Crippen LogP contribution in [0, 0.1) is 11.7 Å². The average molecular weight is 266 g/mol. The van der Waals surface area contributed by atoms with Crippen molar-refractivity contribution in [2.45, 2.75) is 25.9 Å². The zero-order valence-electron chi connectivity index (χ0n) is 11.0. The van der Waals surface area contributed by atoms with E-state index in [1.807, 2.05) is 4.90 Å². The van der Waals surface area contributed by atoms with Crippen molar-refractivity contribution in [1.82, 2.24) is 0 Å². The van der Waals surface area contributed by atoms with Crippen LogP contribution in [0.4, 0.5) is 10.1 Å². The van der Waals surface area contributed by atoms with Gasteiger partial charge in [0.05, 0.1) is 17.7 Å². The Morgan fingerprint density at radius 2 is 2.32 bits per heavy atom. The van der Waals surface area contributed by atoms with Gasteiger partial charge in [0, 0.05) is 13.1 Å². The normalized spacial score (nSPS) is 21.2. The van der Waals surface area contributed by atoms with Crippen molar-refractivity contribution in [2.24, 2.45) is 11.7 Å². The third-order valence-corrected chi connectivity index (χ3v) is 3.62. The van der Waals surface area contributed by atoms with Gasteiger partial charge >= 0.3 is 0 Å². The molecule has 1 heterocycles. The molecule has 2 rings (SSSR count). The number of rotatable bonds is 3. The number of primary amides is 1. The van der Waals surface area contributed by atoms with Crippen molar-refractivity contribution in [3.63, 3.8) is 0 Å². The fraction of sp³-hybridized carbons (Fsp3) is 0.500. The van der Waals surface area contributed by atoms with Crippen LogP contribution in [0.1, 0.15) is 31.4 Å². The summed E-state index contributed by atoms with van der Waals surface area (Å²) in [5.41, 5.74) is 6.33. The van der Waals surface area contributed by atoms with Crippen molar-refractivity contribution in [3.05, 3.63) is 29.6 Å². The van der Waals surface area contributed by atoms with Gasteiger partial charge in [0.15, 0.2) is 0 Å². The van der Waals surface area contributed by atoms with Gasteiger partial charge < -0.3 is 15.7 Å². The molecule has 1 aliphatic heterocycles. The maximum absolute atomic E-state index is 14.1. The Balaban J connectivity index is 2.19. The van der Waals surface area contributed by atoms with Crippen molar-refractivity contribution in [1.29, 1.82) is 0 Å². The first-order chi connectivity index (χ1) is 8.99. The molecule has 19 heavy (non-hydrogen) atoms. The maximum Gasteiger partial charge on any atom is 0.222 e. The summed E-state index contributed by atoms with van der Waals surface area (Å²) >= 11 is 0. The van der Waals surface area contributed by atoms with Crippen LogP contribution in [0.5, 0.6) is 0 Å². The van der Waals surface area contributed by atoms with Crippen LogP contribution in [-0.2, 0) is 4.79 Å². The number of nitrogens with two attached hydrogens (primary N) is 1. The Labute approximate surface area is 112 Å². The number of aliphatic hydroxyl groups is 1. The topological polar surface area (TPSA) is 66.6 Å². The molecule has 1 aromatic rings. The van der Waals surface area contributed by atoms with Gasteiger partial charge in [-0.05, 0) is 37.5 Å². The molecule has 0 saturated carbocycles. The summed E-state index contributed by atoms with van der Waals surface area (Å²) in [5.74, 6) is -0.918. The van der Waals surface area contributed by atoms with Gasteiger partial charge in [-0.2, -0.15) is 0 Å². The molecule has 0 aromatic heterocycles.